The Labute approximate surface area is 143 Å². The van der Waals surface area contributed by atoms with Crippen molar-refractivity contribution >= 4 is 17.5 Å². The molecule has 1 amide bonds. The van der Waals surface area contributed by atoms with Gasteiger partial charge in [0.15, 0.2) is 0 Å². The third kappa shape index (κ3) is 5.18. The van der Waals surface area contributed by atoms with Crippen LogP contribution < -0.4 is 10.6 Å². The zero-order valence-electron chi connectivity index (χ0n) is 13.9. The van der Waals surface area contributed by atoms with Gasteiger partial charge in [0.1, 0.15) is 5.82 Å². The fraction of sp³-hybridized carbons (Fsp3) is 0.611. The van der Waals surface area contributed by atoms with Crippen LogP contribution in [0.1, 0.15) is 45.1 Å². The lowest BCUT2D eigenvalue weighted by Crippen LogP contribution is -2.37. The van der Waals surface area contributed by atoms with Gasteiger partial charge in [-0.25, -0.2) is 4.39 Å². The summed E-state index contributed by atoms with van der Waals surface area (Å²) in [7, 11) is 0. The van der Waals surface area contributed by atoms with Gasteiger partial charge in [0.25, 0.3) is 0 Å². The predicted molar refractivity (Wildman–Crippen MR) is 92.3 cm³/mol. The van der Waals surface area contributed by atoms with E-state index < -0.39 is 5.41 Å². The molecule has 3 nitrogen and oxygen atoms in total. The van der Waals surface area contributed by atoms with Gasteiger partial charge in [0.05, 0.1) is 0 Å². The fourth-order valence-electron chi connectivity index (χ4n) is 3.15. The highest BCUT2D eigenvalue weighted by atomic mass is 35.5. The van der Waals surface area contributed by atoms with Crippen LogP contribution in [0.15, 0.2) is 18.2 Å². The van der Waals surface area contributed by atoms with E-state index in [9.17, 15) is 9.18 Å². The smallest absolute Gasteiger partial charge is 0.220 e. The van der Waals surface area contributed by atoms with Crippen molar-refractivity contribution in [2.24, 2.45) is 5.92 Å². The molecule has 0 saturated carbocycles. The summed E-state index contributed by atoms with van der Waals surface area (Å²) < 4.78 is 14.1. The van der Waals surface area contributed by atoms with Crippen molar-refractivity contribution < 1.29 is 9.18 Å². The summed E-state index contributed by atoms with van der Waals surface area (Å²) in [4.78, 5) is 12.1. The monoisotopic (exact) mass is 340 g/mol. The van der Waals surface area contributed by atoms with E-state index >= 15 is 0 Å². The molecule has 0 spiro atoms. The van der Waals surface area contributed by atoms with E-state index in [1.54, 1.807) is 12.1 Å². The van der Waals surface area contributed by atoms with E-state index in [2.05, 4.69) is 10.6 Å². The lowest BCUT2D eigenvalue weighted by atomic mass is 9.84. The largest absolute Gasteiger partial charge is 0.355 e. The number of halogens is 2. The molecule has 1 aliphatic heterocycles. The minimum Gasteiger partial charge on any atom is -0.355 e. The van der Waals surface area contributed by atoms with Gasteiger partial charge in [-0.1, -0.05) is 31.5 Å². The number of nitrogens with one attached hydrogen (secondary N) is 2. The Kier molecular flexibility index (Phi) is 6.42. The maximum absolute atomic E-state index is 14.1. The molecular formula is C18H26ClFN2O. The van der Waals surface area contributed by atoms with Crippen LogP contribution in [0.4, 0.5) is 4.39 Å². The molecule has 128 valence electrons. The normalized spacial score (nSPS) is 16.3. The van der Waals surface area contributed by atoms with Gasteiger partial charge in [-0.2, -0.15) is 0 Å². The van der Waals surface area contributed by atoms with E-state index in [0.717, 1.165) is 32.4 Å². The molecule has 1 aromatic carbocycles. The van der Waals surface area contributed by atoms with Crippen LogP contribution in [0.2, 0.25) is 5.02 Å². The SMILES string of the molecule is CC(C)(CNC(=O)CCC1CCNCC1)c1c(F)cccc1Cl. The molecule has 0 aliphatic carbocycles. The van der Waals surface area contributed by atoms with E-state index in [4.69, 9.17) is 11.6 Å². The molecule has 5 heteroatoms. The molecule has 0 unspecified atom stereocenters. The first-order chi connectivity index (χ1) is 10.9. The van der Waals surface area contributed by atoms with E-state index in [1.165, 1.54) is 6.07 Å². The summed E-state index contributed by atoms with van der Waals surface area (Å²) in [5, 5.41) is 6.66. The van der Waals surface area contributed by atoms with Crippen LogP contribution in [0.5, 0.6) is 0 Å². The first-order valence-electron chi connectivity index (χ1n) is 8.32. The second kappa shape index (κ2) is 8.11. The lowest BCUT2D eigenvalue weighted by Gasteiger charge is -2.27. The molecular weight excluding hydrogens is 315 g/mol. The first-order valence-corrected chi connectivity index (χ1v) is 8.70. The van der Waals surface area contributed by atoms with Crippen LogP contribution in [0.3, 0.4) is 0 Å². The maximum Gasteiger partial charge on any atom is 0.220 e. The molecule has 0 atom stereocenters. The topological polar surface area (TPSA) is 41.1 Å². The fourth-order valence-corrected chi connectivity index (χ4v) is 3.57. The molecule has 2 rings (SSSR count). The average molecular weight is 341 g/mol. The standard InChI is InChI=1S/C18H26ClFN2O/c1-18(2,17-14(19)4-3-5-15(17)20)12-22-16(23)7-6-13-8-10-21-11-9-13/h3-5,13,21H,6-12H2,1-2H3,(H,22,23). The highest BCUT2D eigenvalue weighted by molar-refractivity contribution is 6.31. The Bertz CT molecular complexity index is 522. The van der Waals surface area contributed by atoms with Crippen LogP contribution in [-0.4, -0.2) is 25.5 Å². The Morgan fingerprint density at radius 2 is 2.09 bits per heavy atom. The molecule has 23 heavy (non-hydrogen) atoms. The minimum absolute atomic E-state index is 0.0315. The van der Waals surface area contributed by atoms with Gasteiger partial charge in [0.2, 0.25) is 5.91 Å². The Hall–Kier alpha value is -1.13. The van der Waals surface area contributed by atoms with Crippen molar-refractivity contribution in [1.29, 1.82) is 0 Å². The van der Waals surface area contributed by atoms with E-state index in [0.29, 0.717) is 29.5 Å². The van der Waals surface area contributed by atoms with E-state index in [-0.39, 0.29) is 11.7 Å². The number of rotatable bonds is 6. The maximum atomic E-state index is 14.1. The third-order valence-corrected chi connectivity index (χ3v) is 4.92. The second-order valence-electron chi connectivity index (χ2n) is 6.99. The summed E-state index contributed by atoms with van der Waals surface area (Å²) >= 11 is 6.13. The van der Waals surface area contributed by atoms with Crippen LogP contribution in [0.25, 0.3) is 0 Å². The summed E-state index contributed by atoms with van der Waals surface area (Å²) in [5.74, 6) is 0.339. The van der Waals surface area contributed by atoms with Crippen LogP contribution >= 0.6 is 11.6 Å². The van der Waals surface area contributed by atoms with Crippen molar-refractivity contribution in [3.63, 3.8) is 0 Å². The van der Waals surface area contributed by atoms with Crippen LogP contribution in [-0.2, 0) is 10.2 Å². The highest BCUT2D eigenvalue weighted by Crippen LogP contribution is 2.31. The van der Waals surface area contributed by atoms with Crippen molar-refractivity contribution in [1.82, 2.24) is 10.6 Å². The van der Waals surface area contributed by atoms with Gasteiger partial charge in [-0.05, 0) is 50.4 Å². The van der Waals surface area contributed by atoms with Gasteiger partial charge < -0.3 is 10.6 Å². The molecule has 0 aromatic heterocycles. The number of benzene rings is 1. The predicted octanol–water partition coefficient (Wildman–Crippen LogP) is 3.65. The summed E-state index contributed by atoms with van der Waals surface area (Å²) in [5.41, 5.74) is -0.0901. The molecule has 0 radical (unpaired) electrons. The summed E-state index contributed by atoms with van der Waals surface area (Å²) in [6, 6.07) is 4.68. The zero-order chi connectivity index (χ0) is 16.9. The summed E-state index contributed by atoms with van der Waals surface area (Å²) in [6.45, 7) is 6.25. The van der Waals surface area contributed by atoms with Crippen molar-refractivity contribution in [2.75, 3.05) is 19.6 Å². The highest BCUT2D eigenvalue weighted by Gasteiger charge is 2.27. The molecule has 1 aromatic rings. The zero-order valence-corrected chi connectivity index (χ0v) is 14.7. The molecule has 1 fully saturated rings. The Morgan fingerprint density at radius 3 is 2.74 bits per heavy atom. The second-order valence-corrected chi connectivity index (χ2v) is 7.40. The number of piperidine rings is 1. The Morgan fingerprint density at radius 1 is 1.39 bits per heavy atom. The molecule has 1 saturated heterocycles. The quantitative estimate of drug-likeness (QED) is 0.830. The minimum atomic E-state index is -0.549. The van der Waals surface area contributed by atoms with Gasteiger partial charge in [0, 0.05) is 29.0 Å². The van der Waals surface area contributed by atoms with Gasteiger partial charge in [-0.15, -0.1) is 0 Å². The number of carbonyl (C=O) groups excluding carboxylic acids is 1. The lowest BCUT2D eigenvalue weighted by molar-refractivity contribution is -0.121. The van der Waals surface area contributed by atoms with Crippen molar-refractivity contribution in [3.05, 3.63) is 34.6 Å². The molecule has 2 N–H and O–H groups in total. The summed E-state index contributed by atoms with van der Waals surface area (Å²) in [6.07, 6.45) is 3.74. The van der Waals surface area contributed by atoms with Crippen LogP contribution in [0, 0.1) is 11.7 Å². The number of hydrogen-bond donors (Lipinski definition) is 2. The van der Waals surface area contributed by atoms with Crippen molar-refractivity contribution in [2.45, 2.75) is 44.9 Å². The third-order valence-electron chi connectivity index (χ3n) is 4.61. The average Bonchev–Trinajstić information content (AvgIpc) is 2.51. The molecule has 1 aliphatic rings. The molecule has 0 bridgehead atoms. The van der Waals surface area contributed by atoms with Gasteiger partial charge in [-0.3, -0.25) is 4.79 Å². The van der Waals surface area contributed by atoms with Gasteiger partial charge >= 0.3 is 0 Å². The van der Waals surface area contributed by atoms with Crippen molar-refractivity contribution in [3.8, 4) is 0 Å². The first kappa shape index (κ1) is 18.2. The molecule has 1 heterocycles. The Balaban J connectivity index is 1.84. The van der Waals surface area contributed by atoms with E-state index in [1.807, 2.05) is 13.8 Å². The number of carbonyl (C=O) groups is 1. The number of hydrogen-bond acceptors (Lipinski definition) is 2. The number of amides is 1.